The fourth-order valence-electron chi connectivity index (χ4n) is 3.97. The first-order valence-corrected chi connectivity index (χ1v) is 11.8. The van der Waals surface area contributed by atoms with Gasteiger partial charge in [-0.3, -0.25) is 4.79 Å². The highest BCUT2D eigenvalue weighted by Crippen LogP contribution is 2.50. The van der Waals surface area contributed by atoms with Crippen LogP contribution < -0.4 is 5.73 Å². The summed E-state index contributed by atoms with van der Waals surface area (Å²) >= 11 is 0. The van der Waals surface area contributed by atoms with Gasteiger partial charge < -0.3 is 10.8 Å². The minimum atomic E-state index is -4.90. The fraction of sp³-hybridized carbons (Fsp3) is 0.435. The van der Waals surface area contributed by atoms with Gasteiger partial charge in [0.25, 0.3) is 0 Å². The maximum absolute atomic E-state index is 13.3. The van der Waals surface area contributed by atoms with Gasteiger partial charge in [0, 0.05) is 0 Å². The lowest BCUT2D eigenvalue weighted by Crippen LogP contribution is -2.39. The molecule has 1 amide bonds. The van der Waals surface area contributed by atoms with E-state index in [2.05, 4.69) is 0 Å². The highest BCUT2D eigenvalue weighted by atomic mass is 32.2. The Balaban J connectivity index is 1.67. The number of benzene rings is 2. The van der Waals surface area contributed by atoms with Crippen LogP contribution in [0.4, 0.5) is 13.2 Å². The molecule has 3 N–H and O–H groups in total. The van der Waals surface area contributed by atoms with Gasteiger partial charge in [0.05, 0.1) is 15.2 Å². The number of sulfone groups is 1. The largest absolute Gasteiger partial charge is 0.421 e. The second-order valence-electron chi connectivity index (χ2n) is 9.07. The second-order valence-corrected chi connectivity index (χ2v) is 11.0. The van der Waals surface area contributed by atoms with Gasteiger partial charge in [-0.2, -0.15) is 13.2 Å². The quantitative estimate of drug-likeness (QED) is 0.644. The van der Waals surface area contributed by atoms with Gasteiger partial charge in [-0.1, -0.05) is 24.3 Å². The zero-order chi connectivity index (χ0) is 23.5. The Labute approximate surface area is 184 Å². The summed E-state index contributed by atoms with van der Waals surface area (Å²) in [5, 5.41) is 9.82. The van der Waals surface area contributed by atoms with Crippen LogP contribution >= 0.6 is 0 Å². The summed E-state index contributed by atoms with van der Waals surface area (Å²) in [5.74, 6) is -0.259. The Morgan fingerprint density at radius 3 is 2.19 bits per heavy atom. The van der Waals surface area contributed by atoms with Gasteiger partial charge in [0.1, 0.15) is 0 Å². The van der Waals surface area contributed by atoms with Crippen molar-refractivity contribution in [3.05, 3.63) is 59.2 Å². The zero-order valence-corrected chi connectivity index (χ0v) is 18.3. The molecule has 0 saturated heterocycles. The van der Waals surface area contributed by atoms with Crippen LogP contribution in [-0.2, 0) is 26.7 Å². The van der Waals surface area contributed by atoms with Crippen molar-refractivity contribution in [3.63, 3.8) is 0 Å². The third kappa shape index (κ3) is 3.92. The highest BCUT2D eigenvalue weighted by molar-refractivity contribution is 7.91. The van der Waals surface area contributed by atoms with Crippen molar-refractivity contribution >= 4 is 15.7 Å². The van der Waals surface area contributed by atoms with Crippen molar-refractivity contribution in [2.45, 2.75) is 66.5 Å². The lowest BCUT2D eigenvalue weighted by molar-refractivity contribution is -0.258. The molecule has 0 radical (unpaired) electrons. The number of amides is 1. The van der Waals surface area contributed by atoms with E-state index in [-0.39, 0.29) is 21.6 Å². The van der Waals surface area contributed by atoms with E-state index >= 15 is 0 Å². The summed E-state index contributed by atoms with van der Waals surface area (Å²) in [5.41, 5.74) is 2.94. The molecular formula is C23H24F3NO4S. The predicted molar refractivity (Wildman–Crippen MR) is 111 cm³/mol. The lowest BCUT2D eigenvalue weighted by Gasteiger charge is -2.26. The molecule has 2 aliphatic rings. The first-order valence-electron chi connectivity index (χ1n) is 10.4. The molecule has 0 aliphatic heterocycles. The van der Waals surface area contributed by atoms with E-state index in [1.165, 1.54) is 6.07 Å². The number of hydrogen-bond donors (Lipinski definition) is 2. The number of carbonyl (C=O) groups excluding carboxylic acids is 1. The maximum atomic E-state index is 13.3. The van der Waals surface area contributed by atoms with E-state index < -0.39 is 32.6 Å². The van der Waals surface area contributed by atoms with Gasteiger partial charge in [-0.05, 0) is 79.8 Å². The van der Waals surface area contributed by atoms with Crippen LogP contribution in [0.2, 0.25) is 0 Å². The van der Waals surface area contributed by atoms with Crippen LogP contribution in [0.1, 0.15) is 55.2 Å². The van der Waals surface area contributed by atoms with Crippen molar-refractivity contribution in [1.29, 1.82) is 0 Å². The van der Waals surface area contributed by atoms with Crippen LogP contribution in [-0.4, -0.2) is 25.6 Å². The minimum absolute atomic E-state index is 0.0914. The number of nitrogens with two attached hydrogens (primary N) is 1. The number of halogens is 3. The Morgan fingerprint density at radius 2 is 1.72 bits per heavy atom. The van der Waals surface area contributed by atoms with E-state index in [9.17, 15) is 31.5 Å². The van der Waals surface area contributed by atoms with Crippen molar-refractivity contribution in [2.24, 2.45) is 11.1 Å². The second kappa shape index (κ2) is 7.31. The molecule has 1 unspecified atom stereocenters. The fourth-order valence-corrected chi connectivity index (χ4v) is 5.50. The Bertz CT molecular complexity index is 1160. The molecular weight excluding hydrogens is 443 g/mol. The van der Waals surface area contributed by atoms with Gasteiger partial charge in [-0.15, -0.1) is 0 Å². The van der Waals surface area contributed by atoms with E-state index in [1.807, 2.05) is 6.07 Å². The van der Waals surface area contributed by atoms with Crippen molar-refractivity contribution < 1.29 is 31.5 Å². The van der Waals surface area contributed by atoms with Crippen LogP contribution in [0.5, 0.6) is 0 Å². The molecule has 172 valence electrons. The third-order valence-electron chi connectivity index (χ3n) is 6.58. The third-order valence-corrected chi connectivity index (χ3v) is 8.42. The maximum Gasteiger partial charge on any atom is 0.421 e. The highest BCUT2D eigenvalue weighted by Gasteiger charge is 2.51. The van der Waals surface area contributed by atoms with Crippen LogP contribution in [0, 0.1) is 5.41 Å². The van der Waals surface area contributed by atoms with Crippen molar-refractivity contribution in [1.82, 2.24) is 0 Å². The van der Waals surface area contributed by atoms with Crippen LogP contribution in [0.25, 0.3) is 0 Å². The normalized spacial score (nSPS) is 19.9. The van der Waals surface area contributed by atoms with Gasteiger partial charge >= 0.3 is 6.18 Å². The smallest absolute Gasteiger partial charge is 0.376 e. The lowest BCUT2D eigenvalue weighted by atomic mass is 9.94. The molecule has 4 rings (SSSR count). The zero-order valence-electron chi connectivity index (χ0n) is 17.4. The average molecular weight is 468 g/mol. The number of hydrogen-bond acceptors (Lipinski definition) is 4. The van der Waals surface area contributed by atoms with E-state index in [0.29, 0.717) is 18.9 Å². The molecule has 5 nitrogen and oxygen atoms in total. The van der Waals surface area contributed by atoms with Gasteiger partial charge in [0.2, 0.25) is 15.7 Å². The average Bonchev–Trinajstić information content (AvgIpc) is 3.61. The molecule has 2 aromatic carbocycles. The molecule has 0 spiro atoms. The number of aliphatic hydroxyl groups is 1. The molecule has 0 heterocycles. The molecule has 32 heavy (non-hydrogen) atoms. The first-order chi connectivity index (χ1) is 14.8. The molecule has 9 heteroatoms. The van der Waals surface area contributed by atoms with Crippen LogP contribution in [0.3, 0.4) is 0 Å². The van der Waals surface area contributed by atoms with Gasteiger partial charge in [-0.25, -0.2) is 8.42 Å². The predicted octanol–water partition coefficient (Wildman–Crippen LogP) is 3.97. The SMILES string of the molecule is CC(O)(c1ccc(S(=O)(=O)c2ccc(CC3(C(N)=O)CC3)cc2C2CC2)cc1)C(F)(F)F. The summed E-state index contributed by atoms with van der Waals surface area (Å²) < 4.78 is 65.8. The Kier molecular flexibility index (Phi) is 5.21. The molecule has 2 saturated carbocycles. The summed E-state index contributed by atoms with van der Waals surface area (Å²) in [6, 6.07) is 9.13. The monoisotopic (exact) mass is 467 g/mol. The van der Waals surface area contributed by atoms with Crippen LogP contribution in [0.15, 0.2) is 52.3 Å². The number of primary amides is 1. The summed E-state index contributed by atoms with van der Waals surface area (Å²) in [4.78, 5) is 11.7. The Hall–Kier alpha value is -2.39. The molecule has 0 aromatic heterocycles. The minimum Gasteiger partial charge on any atom is -0.376 e. The molecule has 2 aromatic rings. The Morgan fingerprint density at radius 1 is 1.12 bits per heavy atom. The van der Waals surface area contributed by atoms with E-state index in [0.717, 1.165) is 55.5 Å². The topological polar surface area (TPSA) is 97.5 Å². The summed E-state index contributed by atoms with van der Waals surface area (Å²) in [6.07, 6.45) is -1.30. The number of carbonyl (C=O) groups is 1. The van der Waals surface area contributed by atoms with Crippen molar-refractivity contribution in [3.8, 4) is 0 Å². The number of alkyl halides is 3. The summed E-state index contributed by atoms with van der Waals surface area (Å²) in [6.45, 7) is 0.624. The molecule has 2 fully saturated rings. The molecule has 0 bridgehead atoms. The van der Waals surface area contributed by atoms with Crippen molar-refractivity contribution in [2.75, 3.05) is 0 Å². The first kappa shape index (κ1) is 22.8. The molecule has 2 aliphatic carbocycles. The standard InChI is InChI=1S/C23H24F3NO4S/c1-21(29,23(24,25)26)16-5-7-17(8-6-16)32(30,31)19-9-2-14(12-18(19)15-3-4-15)13-22(10-11-22)20(27)28/h2,5-9,12,15,29H,3-4,10-11,13H2,1H3,(H2,27,28). The molecule has 1 atom stereocenters. The number of rotatable bonds is 7. The van der Waals surface area contributed by atoms with E-state index in [1.54, 1.807) is 6.07 Å². The summed E-state index contributed by atoms with van der Waals surface area (Å²) in [7, 11) is -3.99. The van der Waals surface area contributed by atoms with E-state index in [4.69, 9.17) is 5.73 Å². The van der Waals surface area contributed by atoms with Gasteiger partial charge in [0.15, 0.2) is 5.60 Å².